The van der Waals surface area contributed by atoms with Crippen molar-refractivity contribution in [2.45, 2.75) is 38.8 Å². The number of piperazine rings is 1. The fraction of sp³-hybridized carbons (Fsp3) is 0.571. The summed E-state index contributed by atoms with van der Waals surface area (Å²) >= 11 is 8.42. The molecule has 1 saturated heterocycles. The van der Waals surface area contributed by atoms with Gasteiger partial charge in [0.1, 0.15) is 0 Å². The topological polar surface area (TPSA) is 15.3 Å². The number of hydrogen-bond donors (Lipinski definition) is 1. The van der Waals surface area contributed by atoms with E-state index in [0.29, 0.717) is 6.04 Å². The van der Waals surface area contributed by atoms with Crippen LogP contribution in [-0.4, -0.2) is 24.7 Å². The molecule has 0 bridgehead atoms. The van der Waals surface area contributed by atoms with Gasteiger partial charge in [0.2, 0.25) is 0 Å². The summed E-state index contributed by atoms with van der Waals surface area (Å²) in [5.74, 6) is 0. The van der Waals surface area contributed by atoms with Crippen molar-refractivity contribution in [3.05, 3.63) is 26.8 Å². The first-order chi connectivity index (χ1) is 8.45. The quantitative estimate of drug-likeness (QED) is 0.785. The molecule has 1 aliphatic rings. The van der Waals surface area contributed by atoms with E-state index >= 15 is 0 Å². The molecule has 2 nitrogen and oxygen atoms in total. The van der Waals surface area contributed by atoms with Crippen molar-refractivity contribution in [3.8, 4) is 0 Å². The van der Waals surface area contributed by atoms with E-state index < -0.39 is 0 Å². The van der Waals surface area contributed by atoms with Crippen LogP contribution in [0, 0.1) is 3.57 Å². The maximum atomic E-state index is 6.04. The lowest BCUT2D eigenvalue weighted by Crippen LogP contribution is -2.62. The maximum Gasteiger partial charge on any atom is 0.0506 e. The predicted octanol–water partition coefficient (Wildman–Crippen LogP) is 3.91. The molecular formula is C14H20ClIN2. The minimum absolute atomic E-state index is 0.204. The second-order valence-electron chi connectivity index (χ2n) is 5.37. The van der Waals surface area contributed by atoms with E-state index in [-0.39, 0.29) is 5.54 Å². The lowest BCUT2D eigenvalue weighted by Gasteiger charge is -2.46. The molecule has 2 atom stereocenters. The van der Waals surface area contributed by atoms with Gasteiger partial charge in [0.15, 0.2) is 0 Å². The van der Waals surface area contributed by atoms with Crippen molar-refractivity contribution < 1.29 is 0 Å². The molecule has 2 rings (SSSR count). The highest BCUT2D eigenvalue weighted by Crippen LogP contribution is 2.30. The van der Waals surface area contributed by atoms with Gasteiger partial charge in [0.05, 0.1) is 5.69 Å². The summed E-state index contributed by atoms with van der Waals surface area (Å²) in [6.45, 7) is 8.89. The minimum atomic E-state index is 0.204. The van der Waals surface area contributed by atoms with Crippen LogP contribution < -0.4 is 10.2 Å². The van der Waals surface area contributed by atoms with Gasteiger partial charge in [-0.15, -0.1) is 0 Å². The molecule has 1 aromatic carbocycles. The Morgan fingerprint density at radius 2 is 2.28 bits per heavy atom. The predicted molar refractivity (Wildman–Crippen MR) is 87.7 cm³/mol. The van der Waals surface area contributed by atoms with Gasteiger partial charge in [0.25, 0.3) is 0 Å². The minimum Gasteiger partial charge on any atom is -0.365 e. The smallest absolute Gasteiger partial charge is 0.0506 e. The van der Waals surface area contributed by atoms with Crippen LogP contribution in [0.2, 0.25) is 5.02 Å². The molecule has 18 heavy (non-hydrogen) atoms. The van der Waals surface area contributed by atoms with Crippen LogP contribution in [0.4, 0.5) is 5.69 Å². The molecule has 2 unspecified atom stereocenters. The van der Waals surface area contributed by atoms with Crippen molar-refractivity contribution in [2.75, 3.05) is 18.0 Å². The van der Waals surface area contributed by atoms with E-state index in [9.17, 15) is 0 Å². The lowest BCUT2D eigenvalue weighted by atomic mass is 9.93. The van der Waals surface area contributed by atoms with Crippen LogP contribution >= 0.6 is 34.2 Å². The van der Waals surface area contributed by atoms with Gasteiger partial charge in [-0.1, -0.05) is 18.5 Å². The second-order valence-corrected chi connectivity index (χ2v) is 6.97. The van der Waals surface area contributed by atoms with Crippen LogP contribution in [0.1, 0.15) is 27.2 Å². The van der Waals surface area contributed by atoms with Crippen LogP contribution in [0.3, 0.4) is 0 Å². The zero-order valence-corrected chi connectivity index (χ0v) is 14.0. The van der Waals surface area contributed by atoms with Gasteiger partial charge >= 0.3 is 0 Å². The number of halogens is 2. The largest absolute Gasteiger partial charge is 0.365 e. The molecule has 1 N–H and O–H groups in total. The number of nitrogens with zero attached hydrogens (tertiary/aromatic N) is 1. The van der Waals surface area contributed by atoms with Gasteiger partial charge in [-0.05, 0) is 61.1 Å². The Labute approximate surface area is 128 Å². The van der Waals surface area contributed by atoms with Crippen molar-refractivity contribution in [1.29, 1.82) is 0 Å². The highest BCUT2D eigenvalue weighted by Gasteiger charge is 2.33. The first-order valence-corrected chi connectivity index (χ1v) is 7.87. The van der Waals surface area contributed by atoms with Crippen molar-refractivity contribution in [3.63, 3.8) is 0 Å². The zero-order chi connectivity index (χ0) is 13.3. The number of rotatable bonds is 2. The average Bonchev–Trinajstić information content (AvgIpc) is 2.33. The summed E-state index contributed by atoms with van der Waals surface area (Å²) in [7, 11) is 0. The van der Waals surface area contributed by atoms with E-state index in [2.05, 4.69) is 59.6 Å². The van der Waals surface area contributed by atoms with Crippen LogP contribution in [0.25, 0.3) is 0 Å². The summed E-state index contributed by atoms with van der Waals surface area (Å²) in [5.41, 5.74) is 1.50. The van der Waals surface area contributed by atoms with Crippen LogP contribution in [0.5, 0.6) is 0 Å². The molecule has 0 aliphatic carbocycles. The summed E-state index contributed by atoms with van der Waals surface area (Å²) in [6, 6.07) is 6.67. The first kappa shape index (κ1) is 14.4. The third kappa shape index (κ3) is 2.94. The van der Waals surface area contributed by atoms with Crippen molar-refractivity contribution in [2.24, 2.45) is 0 Å². The van der Waals surface area contributed by atoms with E-state index in [1.54, 1.807) is 0 Å². The molecule has 0 spiro atoms. The molecule has 0 aromatic heterocycles. The normalized spacial score (nSPS) is 28.5. The highest BCUT2D eigenvalue weighted by atomic mass is 127. The Balaban J connectivity index is 2.30. The molecule has 1 aliphatic heterocycles. The number of anilines is 1. The number of nitrogens with one attached hydrogen (secondary N) is 1. The Morgan fingerprint density at radius 3 is 2.89 bits per heavy atom. The van der Waals surface area contributed by atoms with Gasteiger partial charge < -0.3 is 10.2 Å². The Hall–Kier alpha value is -0.0000000000000000763. The van der Waals surface area contributed by atoms with E-state index in [0.717, 1.165) is 24.5 Å². The van der Waals surface area contributed by atoms with Gasteiger partial charge in [-0.2, -0.15) is 0 Å². The Morgan fingerprint density at radius 1 is 1.56 bits per heavy atom. The monoisotopic (exact) mass is 378 g/mol. The molecule has 1 aromatic rings. The van der Waals surface area contributed by atoms with Gasteiger partial charge in [-0.3, -0.25) is 0 Å². The van der Waals surface area contributed by atoms with Crippen LogP contribution in [-0.2, 0) is 0 Å². The molecule has 0 saturated carbocycles. The molecule has 4 heteroatoms. The fourth-order valence-corrected chi connectivity index (χ4v) is 3.55. The molecule has 0 amide bonds. The van der Waals surface area contributed by atoms with E-state index in [1.807, 2.05) is 12.1 Å². The van der Waals surface area contributed by atoms with Crippen molar-refractivity contribution in [1.82, 2.24) is 5.32 Å². The summed E-state index contributed by atoms with van der Waals surface area (Å²) in [6.07, 6.45) is 1.14. The summed E-state index contributed by atoms with van der Waals surface area (Å²) in [5, 5.41) is 4.46. The van der Waals surface area contributed by atoms with Crippen molar-refractivity contribution >= 4 is 39.9 Å². The number of hydrogen-bond acceptors (Lipinski definition) is 2. The first-order valence-electron chi connectivity index (χ1n) is 6.42. The SMILES string of the molecule is CCC1(C)CN(c2ccc(Cl)cc2I)C(C)CN1. The average molecular weight is 379 g/mol. The van der Waals surface area contributed by atoms with Crippen LogP contribution in [0.15, 0.2) is 18.2 Å². The number of benzene rings is 1. The molecular weight excluding hydrogens is 359 g/mol. The van der Waals surface area contributed by atoms with E-state index in [1.165, 1.54) is 9.26 Å². The third-order valence-corrected chi connectivity index (χ3v) is 4.97. The molecule has 100 valence electrons. The van der Waals surface area contributed by atoms with Gasteiger partial charge in [-0.25, -0.2) is 0 Å². The summed E-state index contributed by atoms with van der Waals surface area (Å²) in [4.78, 5) is 2.50. The highest BCUT2D eigenvalue weighted by molar-refractivity contribution is 14.1. The Kier molecular flexibility index (Phi) is 4.44. The third-order valence-electron chi connectivity index (χ3n) is 3.88. The Bertz CT molecular complexity index is 438. The molecule has 1 fully saturated rings. The fourth-order valence-electron chi connectivity index (χ4n) is 2.37. The maximum absolute atomic E-state index is 6.04. The molecule has 1 heterocycles. The lowest BCUT2D eigenvalue weighted by molar-refractivity contribution is 0.285. The standard InChI is InChI=1S/C14H20ClIN2/c1-4-14(3)9-18(10(2)8-17-14)13-6-5-11(15)7-12(13)16/h5-7,10,17H,4,8-9H2,1-3H3. The zero-order valence-electron chi connectivity index (χ0n) is 11.1. The molecule has 0 radical (unpaired) electrons. The van der Waals surface area contributed by atoms with E-state index in [4.69, 9.17) is 11.6 Å². The van der Waals surface area contributed by atoms with Gasteiger partial charge in [0, 0.05) is 33.3 Å². The second kappa shape index (κ2) is 5.55. The summed E-state index contributed by atoms with van der Waals surface area (Å²) < 4.78 is 1.23.